The van der Waals surface area contributed by atoms with Crippen LogP contribution in [-0.4, -0.2) is 10.4 Å². The first-order valence-electron chi connectivity index (χ1n) is 6.91. The molecule has 3 nitrogen and oxygen atoms in total. The Bertz CT molecular complexity index is 755. The molecular weight excluding hydrogens is 265 g/mol. The van der Waals surface area contributed by atoms with E-state index in [2.05, 4.69) is 68.2 Å². The van der Waals surface area contributed by atoms with Gasteiger partial charge in [0.1, 0.15) is 11.7 Å². The fraction of sp³-hybridized carbons (Fsp3) is 0.188. The van der Waals surface area contributed by atoms with Crippen LogP contribution in [0.1, 0.15) is 18.9 Å². The molecule has 2 aromatic rings. The average molecular weight is 281 g/mol. The number of aliphatic imine (C=N–C) groups is 1. The normalized spacial score (nSPS) is 17.8. The molecule has 3 heterocycles. The van der Waals surface area contributed by atoms with Crippen molar-refractivity contribution in [2.45, 2.75) is 19.9 Å². The number of allylic oxidation sites excluding steroid dienone is 1. The van der Waals surface area contributed by atoms with Crippen LogP contribution in [0.25, 0.3) is 5.70 Å². The maximum atomic E-state index is 4.86. The van der Waals surface area contributed by atoms with E-state index in [1.54, 1.807) is 0 Å². The molecule has 0 spiro atoms. The first-order chi connectivity index (χ1) is 9.79. The standard InChI is InChI=1S/C16H16N3P/c1-2-5-12-16-11(6-3-7-13(16)20)17-14-10-18-9-4-8-15(18)19(12)14/h3-9H,2,10,20H2,1H3/b12-5-. The number of aromatic nitrogens is 1. The second-order valence-electron chi connectivity index (χ2n) is 5.10. The highest BCUT2D eigenvalue weighted by atomic mass is 31.0. The van der Waals surface area contributed by atoms with Crippen LogP contribution in [0, 0.1) is 0 Å². The molecule has 0 saturated carbocycles. The van der Waals surface area contributed by atoms with Crippen LogP contribution in [0.3, 0.4) is 0 Å². The van der Waals surface area contributed by atoms with Gasteiger partial charge in [-0.1, -0.05) is 25.1 Å². The summed E-state index contributed by atoms with van der Waals surface area (Å²) in [5.41, 5.74) is 3.57. The quantitative estimate of drug-likeness (QED) is 0.734. The Balaban J connectivity index is 2.00. The predicted octanol–water partition coefficient (Wildman–Crippen LogP) is 3.30. The minimum absolute atomic E-state index is 0.851. The highest BCUT2D eigenvalue weighted by Crippen LogP contribution is 2.40. The number of nitrogens with zero attached hydrogens (tertiary/aromatic N) is 3. The van der Waals surface area contributed by atoms with Crippen molar-refractivity contribution >= 4 is 37.6 Å². The summed E-state index contributed by atoms with van der Waals surface area (Å²) in [4.78, 5) is 7.15. The van der Waals surface area contributed by atoms with Gasteiger partial charge < -0.3 is 4.57 Å². The van der Waals surface area contributed by atoms with Crippen LogP contribution in [0.15, 0.2) is 47.6 Å². The molecule has 0 radical (unpaired) electrons. The van der Waals surface area contributed by atoms with Gasteiger partial charge in [0, 0.05) is 11.8 Å². The number of anilines is 1. The molecule has 1 aromatic carbocycles. The van der Waals surface area contributed by atoms with Gasteiger partial charge >= 0.3 is 0 Å². The Morgan fingerprint density at radius 3 is 3.05 bits per heavy atom. The van der Waals surface area contributed by atoms with E-state index in [9.17, 15) is 0 Å². The van der Waals surface area contributed by atoms with E-state index in [-0.39, 0.29) is 0 Å². The average Bonchev–Trinajstić information content (AvgIpc) is 2.98. The molecule has 2 aliphatic rings. The van der Waals surface area contributed by atoms with E-state index in [4.69, 9.17) is 4.99 Å². The minimum atomic E-state index is 0.851. The van der Waals surface area contributed by atoms with Gasteiger partial charge in [0.05, 0.1) is 17.9 Å². The Hall–Kier alpha value is -1.86. The maximum absolute atomic E-state index is 4.86. The summed E-state index contributed by atoms with van der Waals surface area (Å²) in [5, 5.41) is 1.20. The summed E-state index contributed by atoms with van der Waals surface area (Å²) in [6, 6.07) is 10.5. The molecule has 100 valence electrons. The van der Waals surface area contributed by atoms with Gasteiger partial charge in [-0.2, -0.15) is 0 Å². The molecule has 0 fully saturated rings. The number of amidine groups is 1. The second-order valence-corrected chi connectivity index (χ2v) is 5.72. The second kappa shape index (κ2) is 4.32. The molecule has 1 aromatic heterocycles. The van der Waals surface area contributed by atoms with Crippen molar-refractivity contribution in [1.29, 1.82) is 0 Å². The van der Waals surface area contributed by atoms with Crippen LogP contribution in [0.2, 0.25) is 0 Å². The highest BCUT2D eigenvalue weighted by molar-refractivity contribution is 7.27. The Kier molecular flexibility index (Phi) is 2.58. The van der Waals surface area contributed by atoms with Crippen LogP contribution in [0.4, 0.5) is 11.5 Å². The van der Waals surface area contributed by atoms with Crippen molar-refractivity contribution in [3.63, 3.8) is 0 Å². The third-order valence-electron chi connectivity index (χ3n) is 3.82. The lowest BCUT2D eigenvalue weighted by atomic mass is 10.0. The lowest BCUT2D eigenvalue weighted by Crippen LogP contribution is -2.30. The topological polar surface area (TPSA) is 20.5 Å². The van der Waals surface area contributed by atoms with E-state index >= 15 is 0 Å². The molecule has 4 heteroatoms. The van der Waals surface area contributed by atoms with Crippen LogP contribution < -0.4 is 10.2 Å². The fourth-order valence-corrected chi connectivity index (χ4v) is 3.42. The van der Waals surface area contributed by atoms with Crippen molar-refractivity contribution in [1.82, 2.24) is 4.57 Å². The minimum Gasteiger partial charge on any atom is -0.327 e. The van der Waals surface area contributed by atoms with E-state index in [1.807, 2.05) is 0 Å². The van der Waals surface area contributed by atoms with E-state index in [0.29, 0.717) is 0 Å². The van der Waals surface area contributed by atoms with Crippen molar-refractivity contribution in [3.05, 3.63) is 48.2 Å². The zero-order valence-electron chi connectivity index (χ0n) is 11.4. The summed E-state index contributed by atoms with van der Waals surface area (Å²) in [7, 11) is 2.84. The predicted molar refractivity (Wildman–Crippen MR) is 88.1 cm³/mol. The van der Waals surface area contributed by atoms with E-state index in [1.165, 1.54) is 22.4 Å². The van der Waals surface area contributed by atoms with Crippen molar-refractivity contribution < 1.29 is 0 Å². The molecule has 0 saturated heterocycles. The number of hydrogen-bond donors (Lipinski definition) is 0. The molecule has 4 rings (SSSR count). The summed E-state index contributed by atoms with van der Waals surface area (Å²) >= 11 is 0. The Labute approximate surface area is 120 Å². The summed E-state index contributed by atoms with van der Waals surface area (Å²) < 4.78 is 2.25. The first kappa shape index (κ1) is 11.9. The van der Waals surface area contributed by atoms with Gasteiger partial charge in [0.2, 0.25) is 0 Å². The lowest BCUT2D eigenvalue weighted by Gasteiger charge is -2.28. The molecule has 0 amide bonds. The van der Waals surface area contributed by atoms with Crippen LogP contribution in [-0.2, 0) is 6.54 Å². The highest BCUT2D eigenvalue weighted by Gasteiger charge is 2.33. The monoisotopic (exact) mass is 281 g/mol. The summed E-state index contributed by atoms with van der Waals surface area (Å²) in [5.74, 6) is 2.32. The van der Waals surface area contributed by atoms with E-state index in [0.717, 1.165) is 24.5 Å². The third-order valence-corrected chi connectivity index (χ3v) is 4.30. The van der Waals surface area contributed by atoms with Gasteiger partial charge in [0.25, 0.3) is 0 Å². The molecular formula is C16H16N3P. The van der Waals surface area contributed by atoms with E-state index < -0.39 is 0 Å². The molecule has 1 atom stereocenters. The lowest BCUT2D eigenvalue weighted by molar-refractivity contribution is 0.909. The first-order valence-corrected chi connectivity index (χ1v) is 7.49. The van der Waals surface area contributed by atoms with Gasteiger partial charge in [-0.05, 0) is 29.9 Å². The van der Waals surface area contributed by atoms with Crippen LogP contribution >= 0.6 is 9.24 Å². The summed E-state index contributed by atoms with van der Waals surface area (Å²) in [6.07, 6.45) is 5.42. The van der Waals surface area contributed by atoms with Gasteiger partial charge in [-0.3, -0.25) is 4.90 Å². The van der Waals surface area contributed by atoms with Crippen LogP contribution in [0.5, 0.6) is 0 Å². The number of hydrogen-bond acceptors (Lipinski definition) is 2. The van der Waals surface area contributed by atoms with Crippen molar-refractivity contribution in [3.8, 4) is 0 Å². The molecule has 0 aliphatic carbocycles. The number of rotatable bonds is 1. The Morgan fingerprint density at radius 1 is 1.30 bits per heavy atom. The smallest absolute Gasteiger partial charge is 0.135 e. The number of benzene rings is 1. The van der Waals surface area contributed by atoms with Crippen molar-refractivity contribution in [2.24, 2.45) is 4.99 Å². The molecule has 1 unspecified atom stereocenters. The Morgan fingerprint density at radius 2 is 2.20 bits per heavy atom. The zero-order chi connectivity index (χ0) is 13.7. The number of fused-ring (bicyclic) bond motifs is 4. The summed E-state index contributed by atoms with van der Waals surface area (Å²) in [6.45, 7) is 3.03. The molecule has 0 bridgehead atoms. The molecule has 20 heavy (non-hydrogen) atoms. The zero-order valence-corrected chi connectivity index (χ0v) is 12.5. The molecule has 0 N–H and O–H groups in total. The van der Waals surface area contributed by atoms with Gasteiger partial charge in [-0.15, -0.1) is 9.24 Å². The molecule has 2 aliphatic heterocycles. The SMILES string of the molecule is CC/C=C1/c2c(P)cccc2N=C2Cn3cccc3N21. The largest absolute Gasteiger partial charge is 0.327 e. The fourth-order valence-electron chi connectivity index (χ4n) is 3.01. The maximum Gasteiger partial charge on any atom is 0.135 e. The van der Waals surface area contributed by atoms with Crippen molar-refractivity contribution in [2.75, 3.05) is 4.90 Å². The third kappa shape index (κ3) is 1.53. The van der Waals surface area contributed by atoms with Gasteiger partial charge in [0.15, 0.2) is 0 Å². The van der Waals surface area contributed by atoms with Gasteiger partial charge in [-0.25, -0.2) is 4.99 Å².